The minimum absolute atomic E-state index is 0.158. The Morgan fingerprint density at radius 1 is 0.804 bits per heavy atom. The number of amides is 2. The highest BCUT2D eigenvalue weighted by molar-refractivity contribution is 6.35. The van der Waals surface area contributed by atoms with Crippen LogP contribution in [0.3, 0.4) is 0 Å². The zero-order valence-electron chi connectivity index (χ0n) is 24.9. The number of alkyl halides is 4. The Morgan fingerprint density at radius 3 is 1.72 bits per heavy atom. The van der Waals surface area contributed by atoms with Gasteiger partial charge in [0.05, 0.1) is 30.3 Å². The van der Waals surface area contributed by atoms with Crippen LogP contribution in [-0.2, 0) is 18.9 Å². The Morgan fingerprint density at radius 2 is 1.26 bits per heavy atom. The molecular formula is C29H28Cl4F4N6O3. The molecule has 0 aliphatic carbocycles. The number of benzene rings is 2. The number of nitrogens with one attached hydrogen (secondary N) is 1. The summed E-state index contributed by atoms with van der Waals surface area (Å²) in [6.45, 7) is 3.36. The molecule has 46 heavy (non-hydrogen) atoms. The highest BCUT2D eigenvalue weighted by Gasteiger charge is 2.31. The van der Waals surface area contributed by atoms with Crippen LogP contribution in [0.15, 0.2) is 48.8 Å². The number of nitrogens with zero attached hydrogens (tertiary/aromatic N) is 5. The van der Waals surface area contributed by atoms with Crippen molar-refractivity contribution >= 4 is 58.2 Å². The first kappa shape index (κ1) is 37.1. The van der Waals surface area contributed by atoms with Crippen LogP contribution in [0.2, 0.25) is 20.1 Å². The molecule has 4 aromatic rings. The molecule has 4 rings (SSSR count). The van der Waals surface area contributed by atoms with Gasteiger partial charge in [-0.3, -0.25) is 23.8 Å². The predicted octanol–water partition coefficient (Wildman–Crippen LogP) is 8.58. The molecule has 2 heterocycles. The molecule has 0 radical (unpaired) electrons. The molecule has 2 unspecified atom stereocenters. The highest BCUT2D eigenvalue weighted by Crippen LogP contribution is 2.32. The van der Waals surface area contributed by atoms with Crippen molar-refractivity contribution < 1.29 is 32.0 Å². The van der Waals surface area contributed by atoms with Gasteiger partial charge in [0.1, 0.15) is 11.4 Å². The lowest BCUT2D eigenvalue weighted by Gasteiger charge is -2.27. The van der Waals surface area contributed by atoms with Crippen molar-refractivity contribution in [3.05, 3.63) is 103 Å². The van der Waals surface area contributed by atoms with E-state index in [4.69, 9.17) is 51.2 Å². The smallest absolute Gasteiger partial charge is 0.282 e. The molecule has 0 saturated carbocycles. The quantitative estimate of drug-likeness (QED) is 0.138. The van der Waals surface area contributed by atoms with Crippen molar-refractivity contribution in [3.8, 4) is 0 Å². The standard InChI is InChI=1S/C15H15Cl2F2N3O2.C14H13Cl2F2N3O/c1-8(10-5-4-9(16)6-12(10)17)22(24-3)15(23)11-7-21(2)20-13(11)14(18)19;1-7(9-4-3-8(15)5-11(9)16)19-14(22)10-6-21(2)20-12(10)13(17)18/h4-8,14H,1-3H3;3-7,13H,1-2H3,(H,19,22). The van der Waals surface area contributed by atoms with E-state index in [0.717, 1.165) is 9.75 Å². The molecule has 0 aliphatic rings. The lowest BCUT2D eigenvalue weighted by molar-refractivity contribution is -0.121. The van der Waals surface area contributed by atoms with E-state index in [-0.39, 0.29) is 11.1 Å². The fourth-order valence-electron chi connectivity index (χ4n) is 4.38. The van der Waals surface area contributed by atoms with E-state index in [0.29, 0.717) is 31.2 Å². The lowest BCUT2D eigenvalue weighted by Crippen LogP contribution is -2.33. The second-order valence-electron chi connectivity index (χ2n) is 9.82. The van der Waals surface area contributed by atoms with Gasteiger partial charge >= 0.3 is 0 Å². The van der Waals surface area contributed by atoms with E-state index in [1.807, 2.05) is 0 Å². The van der Waals surface area contributed by atoms with Crippen LogP contribution in [0.5, 0.6) is 0 Å². The summed E-state index contributed by atoms with van der Waals surface area (Å²) >= 11 is 23.9. The third kappa shape index (κ3) is 8.91. The minimum atomic E-state index is -2.88. The molecule has 0 bridgehead atoms. The van der Waals surface area contributed by atoms with Gasteiger partial charge in [0.25, 0.3) is 24.7 Å². The average molecular weight is 726 g/mol. The summed E-state index contributed by atoms with van der Waals surface area (Å²) in [4.78, 5) is 30.0. The fourth-order valence-corrected chi connectivity index (χ4v) is 5.52. The second kappa shape index (κ2) is 16.0. The van der Waals surface area contributed by atoms with Crippen LogP contribution in [0, 0.1) is 0 Å². The largest absolute Gasteiger partial charge is 0.345 e. The molecule has 2 aromatic heterocycles. The highest BCUT2D eigenvalue weighted by atomic mass is 35.5. The summed E-state index contributed by atoms with van der Waals surface area (Å²) in [5.74, 6) is -1.37. The molecule has 9 nitrogen and oxygen atoms in total. The molecule has 0 aliphatic heterocycles. The van der Waals surface area contributed by atoms with E-state index < -0.39 is 48.1 Å². The van der Waals surface area contributed by atoms with Crippen molar-refractivity contribution in [1.29, 1.82) is 0 Å². The van der Waals surface area contributed by atoms with E-state index >= 15 is 0 Å². The number of carbonyl (C=O) groups excluding carboxylic acids is 2. The van der Waals surface area contributed by atoms with Crippen molar-refractivity contribution in [2.75, 3.05) is 7.11 Å². The first-order valence-corrected chi connectivity index (χ1v) is 14.8. The van der Waals surface area contributed by atoms with Gasteiger partial charge in [-0.25, -0.2) is 22.6 Å². The molecule has 0 spiro atoms. The van der Waals surface area contributed by atoms with Crippen LogP contribution in [-0.4, -0.2) is 43.5 Å². The fraction of sp³-hybridized carbons (Fsp3) is 0.310. The Labute approximate surface area is 281 Å². The maximum absolute atomic E-state index is 13.1. The van der Waals surface area contributed by atoms with E-state index in [2.05, 4.69) is 15.5 Å². The Kier molecular flexibility index (Phi) is 12.9. The molecule has 0 fully saturated rings. The van der Waals surface area contributed by atoms with Gasteiger partial charge in [-0.15, -0.1) is 0 Å². The number of hydroxylamine groups is 2. The Bertz CT molecular complexity index is 1700. The molecule has 2 aromatic carbocycles. The number of hydrogen-bond donors (Lipinski definition) is 1. The van der Waals surface area contributed by atoms with Gasteiger partial charge in [0, 0.05) is 46.6 Å². The summed E-state index contributed by atoms with van der Waals surface area (Å²) in [5.41, 5.74) is -0.324. The van der Waals surface area contributed by atoms with Crippen molar-refractivity contribution in [2.24, 2.45) is 14.1 Å². The lowest BCUT2D eigenvalue weighted by atomic mass is 10.1. The summed E-state index contributed by atoms with van der Waals surface area (Å²) in [5, 5.41) is 12.5. The third-order valence-corrected chi connectivity index (χ3v) is 7.67. The molecule has 1 N–H and O–H groups in total. The number of halogens is 8. The number of carbonyl (C=O) groups is 2. The van der Waals surface area contributed by atoms with Crippen molar-refractivity contribution in [1.82, 2.24) is 29.9 Å². The minimum Gasteiger partial charge on any atom is -0.345 e. The van der Waals surface area contributed by atoms with Crippen LogP contribution in [0.1, 0.15) is 82.0 Å². The normalized spacial score (nSPS) is 12.5. The predicted molar refractivity (Wildman–Crippen MR) is 167 cm³/mol. The molecule has 2 amide bonds. The summed E-state index contributed by atoms with van der Waals surface area (Å²) < 4.78 is 54.2. The van der Waals surface area contributed by atoms with E-state index in [9.17, 15) is 27.2 Å². The first-order valence-electron chi connectivity index (χ1n) is 13.3. The third-order valence-electron chi connectivity index (χ3n) is 6.54. The van der Waals surface area contributed by atoms with E-state index in [1.54, 1.807) is 44.2 Å². The zero-order valence-corrected chi connectivity index (χ0v) is 27.9. The van der Waals surface area contributed by atoms with Gasteiger partial charge in [-0.05, 0) is 49.2 Å². The van der Waals surface area contributed by atoms with Gasteiger partial charge < -0.3 is 5.32 Å². The Balaban J connectivity index is 0.000000251. The van der Waals surface area contributed by atoms with Crippen molar-refractivity contribution in [3.63, 3.8) is 0 Å². The van der Waals surface area contributed by atoms with Crippen LogP contribution < -0.4 is 5.32 Å². The number of hydrogen-bond acceptors (Lipinski definition) is 5. The molecular weight excluding hydrogens is 698 g/mol. The van der Waals surface area contributed by atoms with Gasteiger partial charge in [-0.1, -0.05) is 58.5 Å². The molecule has 0 saturated heterocycles. The Hall–Kier alpha value is -3.36. The van der Waals surface area contributed by atoms with Crippen LogP contribution in [0.4, 0.5) is 17.6 Å². The maximum Gasteiger partial charge on any atom is 0.282 e. The zero-order chi connectivity index (χ0) is 34.5. The van der Waals surface area contributed by atoms with Gasteiger partial charge in [0.15, 0.2) is 0 Å². The van der Waals surface area contributed by atoms with Crippen LogP contribution >= 0.6 is 46.4 Å². The topological polar surface area (TPSA) is 94.3 Å². The van der Waals surface area contributed by atoms with Gasteiger partial charge in [-0.2, -0.15) is 10.2 Å². The van der Waals surface area contributed by atoms with Crippen LogP contribution in [0.25, 0.3) is 0 Å². The summed E-state index contributed by atoms with van der Waals surface area (Å²) in [7, 11) is 4.21. The summed E-state index contributed by atoms with van der Waals surface area (Å²) in [6, 6.07) is 8.56. The first-order chi connectivity index (χ1) is 21.5. The number of rotatable bonds is 9. The van der Waals surface area contributed by atoms with Crippen molar-refractivity contribution in [2.45, 2.75) is 38.8 Å². The molecule has 17 heteroatoms. The average Bonchev–Trinajstić information content (AvgIpc) is 3.56. The number of aromatic nitrogens is 4. The maximum atomic E-state index is 13.1. The number of aryl methyl sites for hydroxylation is 2. The SMILES string of the molecule is CC(NC(=O)c1cn(C)nc1C(F)F)c1ccc(Cl)cc1Cl.CON(C(=O)c1cn(C)nc1C(F)F)C(C)c1ccc(Cl)cc1Cl. The molecule has 248 valence electrons. The monoisotopic (exact) mass is 724 g/mol. The van der Waals surface area contributed by atoms with E-state index in [1.165, 1.54) is 44.3 Å². The summed E-state index contributed by atoms with van der Waals surface area (Å²) in [6.07, 6.45) is -3.21. The molecule has 2 atom stereocenters. The second-order valence-corrected chi connectivity index (χ2v) is 11.5. The van der Waals surface area contributed by atoms with Gasteiger partial charge in [0.2, 0.25) is 0 Å².